The second kappa shape index (κ2) is 4.94. The van der Waals surface area contributed by atoms with Crippen LogP contribution in [0.4, 0.5) is 0 Å². The molecule has 0 aliphatic rings. The molecule has 2 aromatic carbocycles. The molecule has 2 nitrogen and oxygen atoms in total. The molecule has 0 radical (unpaired) electrons. The molecular formula is C16H10BrNO. The van der Waals surface area contributed by atoms with Gasteiger partial charge < -0.3 is 0 Å². The van der Waals surface area contributed by atoms with Gasteiger partial charge in [-0.1, -0.05) is 46.3 Å². The number of carbonyl (C=O) groups excluding carboxylic acids is 1. The van der Waals surface area contributed by atoms with E-state index in [1.54, 1.807) is 12.3 Å². The number of fused-ring (bicyclic) bond motifs is 1. The van der Waals surface area contributed by atoms with Gasteiger partial charge in [0.1, 0.15) is 0 Å². The van der Waals surface area contributed by atoms with Crippen LogP contribution < -0.4 is 0 Å². The van der Waals surface area contributed by atoms with E-state index >= 15 is 0 Å². The lowest BCUT2D eigenvalue weighted by atomic mass is 10.00. The zero-order valence-corrected chi connectivity index (χ0v) is 11.6. The maximum atomic E-state index is 11.1. The van der Waals surface area contributed by atoms with E-state index in [2.05, 4.69) is 20.9 Å². The lowest BCUT2D eigenvalue weighted by Gasteiger charge is -2.08. The molecule has 3 rings (SSSR count). The van der Waals surface area contributed by atoms with Crippen LogP contribution in [-0.2, 0) is 0 Å². The summed E-state index contributed by atoms with van der Waals surface area (Å²) in [6.45, 7) is 0. The largest absolute Gasteiger partial charge is 0.298 e. The van der Waals surface area contributed by atoms with Crippen LogP contribution in [0.3, 0.4) is 0 Å². The lowest BCUT2D eigenvalue weighted by Crippen LogP contribution is -1.90. The first-order valence-corrected chi connectivity index (χ1v) is 6.68. The molecule has 0 unspecified atom stereocenters. The van der Waals surface area contributed by atoms with Crippen LogP contribution in [-0.4, -0.2) is 11.3 Å². The molecule has 92 valence electrons. The quantitative estimate of drug-likeness (QED) is 0.653. The smallest absolute Gasteiger partial charge is 0.150 e. The number of hydrogen-bond acceptors (Lipinski definition) is 2. The van der Waals surface area contributed by atoms with Gasteiger partial charge in [0.2, 0.25) is 0 Å². The molecule has 0 amide bonds. The zero-order valence-electron chi connectivity index (χ0n) is 10.0. The average molecular weight is 312 g/mol. The average Bonchev–Trinajstić information content (AvgIpc) is 2.46. The monoisotopic (exact) mass is 311 g/mol. The Hall–Kier alpha value is -2.00. The van der Waals surface area contributed by atoms with E-state index in [1.165, 1.54) is 0 Å². The van der Waals surface area contributed by atoms with Crippen molar-refractivity contribution in [2.45, 2.75) is 0 Å². The van der Waals surface area contributed by atoms with Crippen molar-refractivity contribution in [2.24, 2.45) is 0 Å². The molecule has 0 aliphatic carbocycles. The summed E-state index contributed by atoms with van der Waals surface area (Å²) in [4.78, 5) is 15.6. The summed E-state index contributed by atoms with van der Waals surface area (Å²) in [5.74, 6) is 0. The van der Waals surface area contributed by atoms with E-state index in [1.807, 2.05) is 42.5 Å². The molecule has 0 saturated carbocycles. The molecule has 0 saturated heterocycles. The highest BCUT2D eigenvalue weighted by molar-refractivity contribution is 9.10. The summed E-state index contributed by atoms with van der Waals surface area (Å²) in [5, 5.41) is 0.866. The van der Waals surface area contributed by atoms with Gasteiger partial charge in [-0.2, -0.15) is 0 Å². The van der Waals surface area contributed by atoms with Gasteiger partial charge in [-0.05, 0) is 23.8 Å². The highest BCUT2D eigenvalue weighted by Gasteiger charge is 2.09. The van der Waals surface area contributed by atoms with Gasteiger partial charge in [0.15, 0.2) is 6.29 Å². The Bertz CT molecular complexity index is 753. The highest BCUT2D eigenvalue weighted by atomic mass is 79.9. The number of halogens is 1. The Morgan fingerprint density at radius 2 is 1.84 bits per heavy atom. The Morgan fingerprint density at radius 3 is 2.58 bits per heavy atom. The molecule has 0 fully saturated rings. The summed E-state index contributed by atoms with van der Waals surface area (Å²) < 4.78 is 0.940. The van der Waals surface area contributed by atoms with Crippen LogP contribution in [0.1, 0.15) is 10.4 Å². The standard InChI is InChI=1S/C16H10BrNO/c17-13-8-14(11-4-2-1-3-5-11)16-15(9-13)12(10-19)6-7-18-16/h1-10H. The van der Waals surface area contributed by atoms with Crippen molar-refractivity contribution in [1.82, 2.24) is 4.98 Å². The summed E-state index contributed by atoms with van der Waals surface area (Å²) in [5.41, 5.74) is 3.61. The molecule has 3 heteroatoms. The van der Waals surface area contributed by atoms with Crippen LogP contribution in [0.2, 0.25) is 0 Å². The van der Waals surface area contributed by atoms with Gasteiger partial charge in [0.25, 0.3) is 0 Å². The first-order valence-electron chi connectivity index (χ1n) is 5.88. The minimum atomic E-state index is 0.656. The number of rotatable bonds is 2. The van der Waals surface area contributed by atoms with Gasteiger partial charge in [0, 0.05) is 27.2 Å². The lowest BCUT2D eigenvalue weighted by molar-refractivity contribution is 0.112. The number of benzene rings is 2. The fourth-order valence-corrected chi connectivity index (χ4v) is 2.64. The van der Waals surface area contributed by atoms with Crippen LogP contribution >= 0.6 is 15.9 Å². The highest BCUT2D eigenvalue weighted by Crippen LogP contribution is 2.31. The molecular weight excluding hydrogens is 302 g/mol. The fourth-order valence-electron chi connectivity index (χ4n) is 2.18. The van der Waals surface area contributed by atoms with E-state index < -0.39 is 0 Å². The third-order valence-corrected chi connectivity index (χ3v) is 3.51. The Kier molecular flexibility index (Phi) is 3.13. The predicted octanol–water partition coefficient (Wildman–Crippen LogP) is 4.48. The van der Waals surface area contributed by atoms with E-state index in [4.69, 9.17) is 0 Å². The van der Waals surface area contributed by atoms with Crippen molar-refractivity contribution >= 4 is 33.1 Å². The van der Waals surface area contributed by atoms with E-state index in [0.29, 0.717) is 5.56 Å². The Labute approximate surface area is 119 Å². The third-order valence-electron chi connectivity index (χ3n) is 3.06. The molecule has 0 atom stereocenters. The van der Waals surface area contributed by atoms with Crippen molar-refractivity contribution in [3.63, 3.8) is 0 Å². The Morgan fingerprint density at radius 1 is 1.05 bits per heavy atom. The van der Waals surface area contributed by atoms with Crippen LogP contribution in [0.25, 0.3) is 22.0 Å². The first-order chi connectivity index (χ1) is 9.29. The van der Waals surface area contributed by atoms with Crippen LogP contribution in [0.5, 0.6) is 0 Å². The first kappa shape index (κ1) is 12.1. The zero-order chi connectivity index (χ0) is 13.2. The van der Waals surface area contributed by atoms with Crippen LogP contribution in [0, 0.1) is 0 Å². The molecule has 0 N–H and O–H groups in total. The minimum absolute atomic E-state index is 0.656. The number of nitrogens with zero attached hydrogens (tertiary/aromatic N) is 1. The van der Waals surface area contributed by atoms with Crippen molar-refractivity contribution < 1.29 is 4.79 Å². The second-order valence-corrected chi connectivity index (χ2v) is 5.15. The molecule has 3 aromatic rings. The SMILES string of the molecule is O=Cc1ccnc2c(-c3ccccc3)cc(Br)cc12. The predicted molar refractivity (Wildman–Crippen MR) is 80.3 cm³/mol. The van der Waals surface area contributed by atoms with E-state index in [0.717, 1.165) is 32.8 Å². The fraction of sp³-hybridized carbons (Fsp3) is 0. The maximum absolute atomic E-state index is 11.1. The molecule has 19 heavy (non-hydrogen) atoms. The second-order valence-electron chi connectivity index (χ2n) is 4.23. The number of aromatic nitrogens is 1. The molecule has 0 bridgehead atoms. The number of carbonyl (C=O) groups is 1. The van der Waals surface area contributed by atoms with Gasteiger partial charge in [-0.15, -0.1) is 0 Å². The number of hydrogen-bond donors (Lipinski definition) is 0. The molecule has 1 aromatic heterocycles. The van der Waals surface area contributed by atoms with Crippen molar-refractivity contribution in [3.05, 3.63) is 64.8 Å². The third kappa shape index (κ3) is 2.17. The van der Waals surface area contributed by atoms with Gasteiger partial charge >= 0.3 is 0 Å². The number of aldehydes is 1. The van der Waals surface area contributed by atoms with Gasteiger partial charge in [0.05, 0.1) is 5.52 Å². The minimum Gasteiger partial charge on any atom is -0.298 e. The topological polar surface area (TPSA) is 30.0 Å². The Balaban J connectivity index is 2.40. The van der Waals surface area contributed by atoms with E-state index in [9.17, 15) is 4.79 Å². The maximum Gasteiger partial charge on any atom is 0.150 e. The molecule has 0 aliphatic heterocycles. The summed E-state index contributed by atoms with van der Waals surface area (Å²) in [7, 11) is 0. The number of pyridine rings is 1. The van der Waals surface area contributed by atoms with Gasteiger partial charge in [-0.25, -0.2) is 0 Å². The molecule has 1 heterocycles. The van der Waals surface area contributed by atoms with Crippen molar-refractivity contribution in [2.75, 3.05) is 0 Å². The summed E-state index contributed by atoms with van der Waals surface area (Å²) in [6, 6.07) is 15.7. The van der Waals surface area contributed by atoms with E-state index in [-0.39, 0.29) is 0 Å². The van der Waals surface area contributed by atoms with Crippen molar-refractivity contribution in [1.29, 1.82) is 0 Å². The summed E-state index contributed by atoms with van der Waals surface area (Å²) >= 11 is 3.50. The van der Waals surface area contributed by atoms with Crippen LogP contribution in [0.15, 0.2) is 59.2 Å². The summed E-state index contributed by atoms with van der Waals surface area (Å²) in [6.07, 6.45) is 2.54. The molecule has 0 spiro atoms. The van der Waals surface area contributed by atoms with Gasteiger partial charge in [-0.3, -0.25) is 9.78 Å². The normalized spacial score (nSPS) is 10.6. The van der Waals surface area contributed by atoms with Crippen molar-refractivity contribution in [3.8, 4) is 11.1 Å².